The summed E-state index contributed by atoms with van der Waals surface area (Å²) in [5, 5.41) is 5.64. The number of halogens is 1. The van der Waals surface area contributed by atoms with E-state index in [4.69, 9.17) is 0 Å². The molecular formula is C16H14BrN3O2. The molecule has 6 heteroatoms. The molecule has 0 saturated heterocycles. The molecule has 112 valence electrons. The van der Waals surface area contributed by atoms with Gasteiger partial charge in [-0.2, -0.15) is 0 Å². The van der Waals surface area contributed by atoms with Crippen molar-refractivity contribution in [1.29, 1.82) is 0 Å². The molecule has 1 aromatic heterocycles. The minimum absolute atomic E-state index is 0.235. The predicted octanol–water partition coefficient (Wildman–Crippen LogP) is 2.99. The van der Waals surface area contributed by atoms with Gasteiger partial charge in [-0.15, -0.1) is 0 Å². The number of rotatable bonds is 4. The maximum absolute atomic E-state index is 12.2. The first-order valence-corrected chi connectivity index (χ1v) is 7.75. The highest BCUT2D eigenvalue weighted by Gasteiger charge is 2.24. The lowest BCUT2D eigenvalue weighted by Gasteiger charge is -2.07. The Labute approximate surface area is 136 Å². The first kappa shape index (κ1) is 14.7. The molecule has 1 aliphatic carbocycles. The van der Waals surface area contributed by atoms with Gasteiger partial charge in [-0.05, 0) is 49.2 Å². The van der Waals surface area contributed by atoms with Crippen LogP contribution in [0.15, 0.2) is 47.1 Å². The molecule has 0 unspecified atom stereocenters. The number of nitrogens with zero attached hydrogens (tertiary/aromatic N) is 1. The van der Waals surface area contributed by atoms with Crippen LogP contribution in [0.3, 0.4) is 0 Å². The third-order valence-electron chi connectivity index (χ3n) is 3.27. The lowest BCUT2D eigenvalue weighted by molar-refractivity contribution is 0.0946. The molecule has 3 rings (SSSR count). The van der Waals surface area contributed by atoms with Crippen molar-refractivity contribution in [3.63, 3.8) is 0 Å². The molecule has 5 nitrogen and oxygen atoms in total. The number of benzene rings is 1. The average molecular weight is 360 g/mol. The number of hydrogen-bond acceptors (Lipinski definition) is 3. The summed E-state index contributed by atoms with van der Waals surface area (Å²) in [5.41, 5.74) is 1.35. The van der Waals surface area contributed by atoms with Gasteiger partial charge in [0.25, 0.3) is 11.8 Å². The molecule has 0 radical (unpaired) electrons. The van der Waals surface area contributed by atoms with Crippen molar-refractivity contribution in [1.82, 2.24) is 10.3 Å². The Morgan fingerprint density at radius 3 is 2.50 bits per heavy atom. The van der Waals surface area contributed by atoms with E-state index >= 15 is 0 Å². The number of anilines is 1. The second-order valence-electron chi connectivity index (χ2n) is 5.14. The van der Waals surface area contributed by atoms with Gasteiger partial charge in [0.1, 0.15) is 5.69 Å². The summed E-state index contributed by atoms with van der Waals surface area (Å²) < 4.78 is 0.938. The quantitative estimate of drug-likeness (QED) is 0.881. The van der Waals surface area contributed by atoms with Crippen LogP contribution >= 0.6 is 15.9 Å². The van der Waals surface area contributed by atoms with Gasteiger partial charge in [0, 0.05) is 28.0 Å². The van der Waals surface area contributed by atoms with E-state index in [-0.39, 0.29) is 23.6 Å². The van der Waals surface area contributed by atoms with E-state index in [1.54, 1.807) is 18.2 Å². The minimum atomic E-state index is -0.273. The summed E-state index contributed by atoms with van der Waals surface area (Å²) in [6.45, 7) is 0. The Morgan fingerprint density at radius 2 is 1.82 bits per heavy atom. The lowest BCUT2D eigenvalue weighted by atomic mass is 10.2. The van der Waals surface area contributed by atoms with E-state index in [1.165, 1.54) is 12.3 Å². The van der Waals surface area contributed by atoms with E-state index in [9.17, 15) is 9.59 Å². The molecule has 0 spiro atoms. The first-order chi connectivity index (χ1) is 10.6. The monoisotopic (exact) mass is 359 g/mol. The number of nitrogens with one attached hydrogen (secondary N) is 2. The highest BCUT2D eigenvalue weighted by Crippen LogP contribution is 2.19. The number of pyridine rings is 1. The predicted molar refractivity (Wildman–Crippen MR) is 86.8 cm³/mol. The second-order valence-corrected chi connectivity index (χ2v) is 6.05. The van der Waals surface area contributed by atoms with Gasteiger partial charge in [0.05, 0.1) is 0 Å². The minimum Gasteiger partial charge on any atom is -0.348 e. The van der Waals surface area contributed by atoms with Crippen LogP contribution in [0.2, 0.25) is 0 Å². The van der Waals surface area contributed by atoms with Crippen molar-refractivity contribution < 1.29 is 9.59 Å². The maximum Gasteiger partial charge on any atom is 0.270 e. The van der Waals surface area contributed by atoms with Crippen molar-refractivity contribution in [2.75, 3.05) is 5.32 Å². The molecule has 2 amide bonds. The van der Waals surface area contributed by atoms with Crippen LogP contribution in [-0.4, -0.2) is 22.8 Å². The van der Waals surface area contributed by atoms with Crippen LogP contribution in [0.25, 0.3) is 0 Å². The first-order valence-electron chi connectivity index (χ1n) is 6.95. The van der Waals surface area contributed by atoms with Gasteiger partial charge in [-0.1, -0.05) is 15.9 Å². The van der Waals surface area contributed by atoms with E-state index in [1.807, 2.05) is 12.1 Å². The van der Waals surface area contributed by atoms with E-state index in [2.05, 4.69) is 31.5 Å². The average Bonchev–Trinajstić information content (AvgIpc) is 3.33. The van der Waals surface area contributed by atoms with Gasteiger partial charge in [-0.3, -0.25) is 14.6 Å². The SMILES string of the molecule is O=C(Nc1ccc(Br)cc1)c1ccnc(C(=O)NC2CC2)c1. The van der Waals surface area contributed by atoms with Crippen LogP contribution in [0.4, 0.5) is 5.69 Å². The molecule has 0 bridgehead atoms. The van der Waals surface area contributed by atoms with Crippen molar-refractivity contribution in [2.24, 2.45) is 0 Å². The van der Waals surface area contributed by atoms with Crippen LogP contribution in [0.5, 0.6) is 0 Å². The van der Waals surface area contributed by atoms with Crippen molar-refractivity contribution in [3.05, 3.63) is 58.3 Å². The van der Waals surface area contributed by atoms with E-state index in [0.29, 0.717) is 11.3 Å². The van der Waals surface area contributed by atoms with Crippen molar-refractivity contribution in [3.8, 4) is 0 Å². The zero-order valence-corrected chi connectivity index (χ0v) is 13.3. The molecule has 0 aliphatic heterocycles. The topological polar surface area (TPSA) is 71.1 Å². The molecule has 1 aliphatic rings. The number of carbonyl (C=O) groups is 2. The Hall–Kier alpha value is -2.21. The fourth-order valence-electron chi connectivity index (χ4n) is 1.92. The van der Waals surface area contributed by atoms with Gasteiger partial charge >= 0.3 is 0 Å². The Morgan fingerprint density at radius 1 is 1.09 bits per heavy atom. The fraction of sp³-hybridized carbons (Fsp3) is 0.188. The maximum atomic E-state index is 12.2. The molecule has 1 aromatic carbocycles. The van der Waals surface area contributed by atoms with Crippen LogP contribution in [-0.2, 0) is 0 Å². The Kier molecular flexibility index (Phi) is 4.20. The summed E-state index contributed by atoms with van der Waals surface area (Å²) >= 11 is 3.34. The number of aromatic nitrogens is 1. The van der Waals surface area contributed by atoms with Gasteiger partial charge in [0.15, 0.2) is 0 Å². The standard InChI is InChI=1S/C16H14BrN3O2/c17-11-1-3-12(4-2-11)19-15(21)10-7-8-18-14(9-10)16(22)20-13-5-6-13/h1-4,7-9,13H,5-6H2,(H,19,21)(H,20,22). The van der Waals surface area contributed by atoms with Crippen LogP contribution < -0.4 is 10.6 Å². The number of hydrogen-bond donors (Lipinski definition) is 2. The highest BCUT2D eigenvalue weighted by molar-refractivity contribution is 9.10. The Bertz CT molecular complexity index is 712. The molecule has 0 atom stereocenters. The van der Waals surface area contributed by atoms with Crippen LogP contribution in [0, 0.1) is 0 Å². The highest BCUT2D eigenvalue weighted by atomic mass is 79.9. The summed E-state index contributed by atoms with van der Waals surface area (Å²) in [4.78, 5) is 28.2. The van der Waals surface area contributed by atoms with Gasteiger partial charge in [-0.25, -0.2) is 0 Å². The zero-order valence-electron chi connectivity index (χ0n) is 11.7. The molecule has 1 saturated carbocycles. The van der Waals surface area contributed by atoms with E-state index in [0.717, 1.165) is 17.3 Å². The van der Waals surface area contributed by atoms with E-state index < -0.39 is 0 Å². The fourth-order valence-corrected chi connectivity index (χ4v) is 2.18. The largest absolute Gasteiger partial charge is 0.348 e. The Balaban J connectivity index is 1.71. The third-order valence-corrected chi connectivity index (χ3v) is 3.80. The third kappa shape index (κ3) is 3.71. The van der Waals surface area contributed by atoms with Crippen molar-refractivity contribution >= 4 is 33.4 Å². The molecule has 22 heavy (non-hydrogen) atoms. The number of amides is 2. The molecular weight excluding hydrogens is 346 g/mol. The smallest absolute Gasteiger partial charge is 0.270 e. The normalized spacial score (nSPS) is 13.5. The number of carbonyl (C=O) groups excluding carboxylic acids is 2. The van der Waals surface area contributed by atoms with Crippen molar-refractivity contribution in [2.45, 2.75) is 18.9 Å². The zero-order chi connectivity index (χ0) is 15.5. The summed E-state index contributed by atoms with van der Waals surface area (Å²) in [5.74, 6) is -0.508. The van der Waals surface area contributed by atoms with Gasteiger partial charge < -0.3 is 10.6 Å². The summed E-state index contributed by atoms with van der Waals surface area (Å²) in [6, 6.07) is 10.6. The molecule has 2 aromatic rings. The van der Waals surface area contributed by atoms with Gasteiger partial charge in [0.2, 0.25) is 0 Å². The molecule has 1 fully saturated rings. The molecule has 1 heterocycles. The summed E-state index contributed by atoms with van der Waals surface area (Å²) in [6.07, 6.45) is 3.49. The summed E-state index contributed by atoms with van der Waals surface area (Å²) in [7, 11) is 0. The molecule has 2 N–H and O–H groups in total. The van der Waals surface area contributed by atoms with Crippen LogP contribution in [0.1, 0.15) is 33.7 Å². The second kappa shape index (κ2) is 6.27. The lowest BCUT2D eigenvalue weighted by Crippen LogP contribution is -2.26.